The number of hydrogen-bond donors (Lipinski definition) is 1. The number of likely N-dealkylation sites (N-methyl/N-ethyl adjacent to an activating group) is 1. The van der Waals surface area contributed by atoms with Gasteiger partial charge in [-0.05, 0) is 0 Å². The first-order chi connectivity index (χ1) is 8.34. The van der Waals surface area contributed by atoms with Crippen LogP contribution in [0.25, 0.3) is 0 Å². The number of aromatic nitrogens is 2. The molecule has 1 amide bonds. The second-order valence-electron chi connectivity index (χ2n) is 4.35. The largest absolute Gasteiger partial charge is 0.364 e. The number of rotatable bonds is 4. The van der Waals surface area contributed by atoms with Gasteiger partial charge in [0.2, 0.25) is 0 Å². The monoisotopic (exact) mass is 268 g/mol. The third-order valence-corrected chi connectivity index (χ3v) is 3.15. The van der Waals surface area contributed by atoms with E-state index in [4.69, 9.17) is 22.6 Å². The van der Waals surface area contributed by atoms with Gasteiger partial charge in [-0.15, -0.1) is 0 Å². The van der Waals surface area contributed by atoms with Crippen LogP contribution in [0.3, 0.4) is 0 Å². The molecule has 0 saturated carbocycles. The summed E-state index contributed by atoms with van der Waals surface area (Å²) >= 11 is 5.86. The average molecular weight is 269 g/mol. The number of carbonyl (C=O) groups excluding carboxylic acids is 1. The average Bonchev–Trinajstić information content (AvgIpc) is 2.28. The van der Waals surface area contributed by atoms with E-state index in [1.165, 1.54) is 6.20 Å². The Balaban J connectivity index is 3.24. The van der Waals surface area contributed by atoms with Gasteiger partial charge >= 0.3 is 5.95 Å². The highest BCUT2D eigenvalue weighted by atomic mass is 35.5. The molecule has 7 heteroatoms. The zero-order chi connectivity index (χ0) is 13.9. The van der Waals surface area contributed by atoms with E-state index in [1.54, 1.807) is 14.1 Å². The van der Waals surface area contributed by atoms with E-state index in [0.717, 1.165) is 0 Å². The van der Waals surface area contributed by atoms with Crippen molar-refractivity contribution >= 4 is 23.5 Å². The number of amides is 1. The number of nitriles is 1. The zero-order valence-corrected chi connectivity index (χ0v) is 11.3. The molecule has 1 aromatic rings. The summed E-state index contributed by atoms with van der Waals surface area (Å²) in [6.07, 6.45) is 1.90. The summed E-state index contributed by atoms with van der Waals surface area (Å²) in [5.74, 6) is -0.0729. The number of carbonyl (C=O) groups is 1. The second kappa shape index (κ2) is 5.29. The quantitative estimate of drug-likeness (QED) is 0.647. The van der Waals surface area contributed by atoms with Crippen molar-refractivity contribution in [2.24, 2.45) is 5.73 Å². The van der Waals surface area contributed by atoms with Crippen LogP contribution in [-0.2, 0) is 4.79 Å². The molecule has 0 radical (unpaired) electrons. The molecular weight excluding hydrogens is 254 g/mol. The maximum absolute atomic E-state index is 11.4. The summed E-state index contributed by atoms with van der Waals surface area (Å²) in [6.45, 7) is 1.86. The molecule has 0 bridgehead atoms. The highest BCUT2D eigenvalue weighted by Gasteiger charge is 2.36. The fourth-order valence-electron chi connectivity index (χ4n) is 1.82. The lowest BCUT2D eigenvalue weighted by atomic mass is 10.1. The third kappa shape index (κ3) is 2.58. The molecule has 1 aromatic heterocycles. The van der Waals surface area contributed by atoms with Gasteiger partial charge in [0, 0.05) is 6.42 Å². The molecule has 1 rings (SSSR count). The number of quaternary nitrogens is 1. The van der Waals surface area contributed by atoms with Gasteiger partial charge in [0.25, 0.3) is 5.91 Å². The van der Waals surface area contributed by atoms with Gasteiger partial charge in [-0.3, -0.25) is 9.28 Å². The summed E-state index contributed by atoms with van der Waals surface area (Å²) in [5, 5.41) is 8.84. The van der Waals surface area contributed by atoms with Crippen LogP contribution < -0.4 is 10.2 Å². The van der Waals surface area contributed by atoms with Crippen molar-refractivity contribution in [1.82, 2.24) is 14.5 Å². The predicted molar refractivity (Wildman–Crippen MR) is 68.7 cm³/mol. The van der Waals surface area contributed by atoms with Crippen LogP contribution in [0.5, 0.6) is 0 Å². The van der Waals surface area contributed by atoms with Crippen LogP contribution in [0.15, 0.2) is 6.20 Å². The zero-order valence-electron chi connectivity index (χ0n) is 10.5. The Kier molecular flexibility index (Phi) is 4.22. The Morgan fingerprint density at radius 1 is 1.67 bits per heavy atom. The van der Waals surface area contributed by atoms with Crippen molar-refractivity contribution in [3.8, 4) is 6.07 Å². The first kappa shape index (κ1) is 14.4. The lowest BCUT2D eigenvalue weighted by molar-refractivity contribution is -0.122. The molecule has 6 nitrogen and oxygen atoms in total. The Labute approximate surface area is 111 Å². The second-order valence-corrected chi connectivity index (χ2v) is 4.71. The van der Waals surface area contributed by atoms with Gasteiger partial charge in [0.05, 0.1) is 20.3 Å². The molecular formula is C11H15ClN5O+. The fourth-order valence-corrected chi connectivity index (χ4v) is 1.99. The summed E-state index contributed by atoms with van der Waals surface area (Å²) in [6, 6.07) is 1.43. The molecule has 18 heavy (non-hydrogen) atoms. The molecule has 0 aromatic carbocycles. The highest BCUT2D eigenvalue weighted by Crippen LogP contribution is 2.22. The standard InChI is InChI=1S/C11H14ClN5O/c1-4-8(10(14)18)17(2,3)11-15-6-7(5-13)9(12)16-11/h6,8H,4H2,1-3H3,(H-,14,18)/p+1. The Morgan fingerprint density at radius 3 is 2.67 bits per heavy atom. The molecule has 0 saturated heterocycles. The fraction of sp³-hybridized carbons (Fsp3) is 0.455. The minimum atomic E-state index is -0.450. The van der Waals surface area contributed by atoms with Gasteiger partial charge in [0.15, 0.2) is 11.2 Å². The van der Waals surface area contributed by atoms with Crippen LogP contribution in [0.1, 0.15) is 18.9 Å². The van der Waals surface area contributed by atoms with Crippen LogP contribution in [0.4, 0.5) is 5.95 Å². The first-order valence-electron chi connectivity index (χ1n) is 5.40. The molecule has 0 aliphatic heterocycles. The smallest absolute Gasteiger partial charge is 0.330 e. The molecule has 1 heterocycles. The minimum Gasteiger partial charge on any atom is -0.364 e. The Morgan fingerprint density at radius 2 is 2.28 bits per heavy atom. The molecule has 0 fully saturated rings. The van der Waals surface area contributed by atoms with E-state index in [9.17, 15) is 4.79 Å². The maximum atomic E-state index is 11.4. The molecule has 1 unspecified atom stereocenters. The SMILES string of the molecule is CCC(C(N)=O)[N+](C)(C)c1ncc(C#N)c(Cl)n1. The van der Waals surface area contributed by atoms with E-state index in [2.05, 4.69) is 9.97 Å². The molecule has 96 valence electrons. The van der Waals surface area contributed by atoms with Gasteiger partial charge in [0.1, 0.15) is 11.6 Å². The normalized spacial score (nSPS) is 12.8. The lowest BCUT2D eigenvalue weighted by Gasteiger charge is -2.32. The van der Waals surface area contributed by atoms with E-state index in [0.29, 0.717) is 12.4 Å². The van der Waals surface area contributed by atoms with E-state index in [1.807, 2.05) is 13.0 Å². The lowest BCUT2D eigenvalue weighted by Crippen LogP contribution is -2.56. The van der Waals surface area contributed by atoms with Crippen molar-refractivity contribution in [2.75, 3.05) is 14.1 Å². The van der Waals surface area contributed by atoms with Crippen LogP contribution in [-0.4, -0.2) is 36.0 Å². The summed E-state index contributed by atoms with van der Waals surface area (Å²) < 4.78 is 0.0945. The number of halogens is 1. The molecule has 0 aliphatic carbocycles. The van der Waals surface area contributed by atoms with Crippen molar-refractivity contribution < 1.29 is 4.79 Å². The molecule has 0 aliphatic rings. The third-order valence-electron chi connectivity index (χ3n) is 2.86. The molecule has 2 N–H and O–H groups in total. The van der Waals surface area contributed by atoms with Crippen molar-refractivity contribution in [2.45, 2.75) is 19.4 Å². The summed E-state index contributed by atoms with van der Waals surface area (Å²) in [4.78, 5) is 19.6. The van der Waals surface area contributed by atoms with E-state index in [-0.39, 0.29) is 15.2 Å². The highest BCUT2D eigenvalue weighted by molar-refractivity contribution is 6.30. The van der Waals surface area contributed by atoms with Gasteiger partial charge in [-0.2, -0.15) is 15.2 Å². The number of hydrogen-bond acceptors (Lipinski definition) is 4. The van der Waals surface area contributed by atoms with Gasteiger partial charge in [-0.1, -0.05) is 18.5 Å². The van der Waals surface area contributed by atoms with Crippen LogP contribution in [0.2, 0.25) is 5.15 Å². The molecule has 0 spiro atoms. The summed E-state index contributed by atoms with van der Waals surface area (Å²) in [5.41, 5.74) is 5.57. The maximum Gasteiger partial charge on any atom is 0.330 e. The summed E-state index contributed by atoms with van der Waals surface area (Å²) in [7, 11) is 3.55. The Hall–Kier alpha value is -1.71. The van der Waals surface area contributed by atoms with E-state index < -0.39 is 11.9 Å². The molecule has 1 atom stereocenters. The number of primary amides is 1. The van der Waals surface area contributed by atoms with Crippen molar-refractivity contribution in [1.29, 1.82) is 5.26 Å². The first-order valence-corrected chi connectivity index (χ1v) is 5.78. The van der Waals surface area contributed by atoms with Crippen molar-refractivity contribution in [3.05, 3.63) is 16.9 Å². The number of nitrogens with two attached hydrogens (primary N) is 1. The van der Waals surface area contributed by atoms with Gasteiger partial charge in [-0.25, -0.2) is 0 Å². The van der Waals surface area contributed by atoms with Gasteiger partial charge < -0.3 is 5.73 Å². The Bertz CT molecular complexity index is 509. The minimum absolute atomic E-state index is 0.0769. The van der Waals surface area contributed by atoms with E-state index >= 15 is 0 Å². The van der Waals surface area contributed by atoms with Crippen LogP contribution in [0, 0.1) is 11.3 Å². The number of nitrogens with zero attached hydrogens (tertiary/aromatic N) is 4. The van der Waals surface area contributed by atoms with Crippen LogP contribution >= 0.6 is 11.6 Å². The predicted octanol–water partition coefficient (Wildman–Crippen LogP) is 0.832. The topological polar surface area (TPSA) is 92.7 Å². The van der Waals surface area contributed by atoms with Crippen molar-refractivity contribution in [3.63, 3.8) is 0 Å².